The summed E-state index contributed by atoms with van der Waals surface area (Å²) in [5, 5.41) is 10.6. The molecule has 1 fully saturated rings. The van der Waals surface area contributed by atoms with Crippen LogP contribution < -0.4 is 9.47 Å². The number of rotatable bonds is 4. The summed E-state index contributed by atoms with van der Waals surface area (Å²) in [5.41, 5.74) is 0.646. The lowest BCUT2D eigenvalue weighted by Crippen LogP contribution is -2.43. The first-order chi connectivity index (χ1) is 9.17. The fourth-order valence-corrected chi connectivity index (χ4v) is 2.36. The third kappa shape index (κ3) is 3.00. The smallest absolute Gasteiger partial charge is 0.128 e. The number of aliphatic hydroxyl groups excluding tert-OH is 1. The number of aliphatic hydroxyl groups is 1. The summed E-state index contributed by atoms with van der Waals surface area (Å²) in [6.07, 6.45) is -1.04. The largest absolute Gasteiger partial charge is 0.496 e. The Balaban J connectivity index is 2.28. The van der Waals surface area contributed by atoms with E-state index in [0.29, 0.717) is 30.2 Å². The van der Waals surface area contributed by atoms with Crippen LogP contribution in [0.5, 0.6) is 11.5 Å². The number of methoxy groups -OCH3 is 2. The number of hydrogen-bond acceptors (Lipinski definition) is 5. The van der Waals surface area contributed by atoms with E-state index in [-0.39, 0.29) is 6.10 Å². The Bertz CT molecular complexity index is 402. The quantitative estimate of drug-likeness (QED) is 0.884. The molecule has 5 heteroatoms. The van der Waals surface area contributed by atoms with Crippen LogP contribution in [0, 0.1) is 0 Å². The highest BCUT2D eigenvalue weighted by Gasteiger charge is 2.30. The Labute approximate surface area is 113 Å². The number of hydrogen-bond donors (Lipinski definition) is 1. The molecule has 2 unspecified atom stereocenters. The molecule has 19 heavy (non-hydrogen) atoms. The van der Waals surface area contributed by atoms with Crippen LogP contribution in [0.4, 0.5) is 0 Å². The number of nitrogens with zero attached hydrogens (tertiary/aromatic N) is 1. The molecule has 0 radical (unpaired) electrons. The summed E-state index contributed by atoms with van der Waals surface area (Å²) in [5.74, 6) is 1.23. The molecule has 0 spiro atoms. The zero-order valence-corrected chi connectivity index (χ0v) is 11.6. The molecular weight excluding hydrogens is 246 g/mol. The van der Waals surface area contributed by atoms with Crippen LogP contribution in [0.25, 0.3) is 0 Å². The Morgan fingerprint density at radius 2 is 1.95 bits per heavy atom. The topological polar surface area (TPSA) is 51.2 Å². The number of likely N-dealkylation sites (N-methyl/N-ethyl adjacent to an activating group) is 1. The van der Waals surface area contributed by atoms with Gasteiger partial charge in [-0.05, 0) is 19.2 Å². The number of ether oxygens (including phenoxy) is 3. The van der Waals surface area contributed by atoms with Crippen molar-refractivity contribution in [2.45, 2.75) is 12.2 Å². The van der Waals surface area contributed by atoms with Crippen LogP contribution in [0.1, 0.15) is 11.7 Å². The second-order valence-electron chi connectivity index (χ2n) is 4.69. The predicted octanol–water partition coefficient (Wildman–Crippen LogP) is 1.07. The Kier molecular flexibility index (Phi) is 4.63. The minimum atomic E-state index is -0.770. The van der Waals surface area contributed by atoms with Crippen molar-refractivity contribution in [3.05, 3.63) is 23.8 Å². The first-order valence-electron chi connectivity index (χ1n) is 6.36. The maximum atomic E-state index is 10.6. The van der Waals surface area contributed by atoms with Gasteiger partial charge in [-0.3, -0.25) is 0 Å². The summed E-state index contributed by atoms with van der Waals surface area (Å²) >= 11 is 0. The molecular formula is C14H21NO4. The van der Waals surface area contributed by atoms with Gasteiger partial charge >= 0.3 is 0 Å². The van der Waals surface area contributed by atoms with Crippen LogP contribution in [0.15, 0.2) is 18.2 Å². The number of benzene rings is 1. The molecule has 1 saturated heterocycles. The molecule has 1 aromatic rings. The van der Waals surface area contributed by atoms with Crippen molar-refractivity contribution in [2.24, 2.45) is 0 Å². The number of morpholine rings is 1. The van der Waals surface area contributed by atoms with Crippen molar-refractivity contribution >= 4 is 0 Å². The highest BCUT2D eigenvalue weighted by atomic mass is 16.5. The molecule has 1 heterocycles. The van der Waals surface area contributed by atoms with Crippen LogP contribution in [-0.2, 0) is 4.74 Å². The van der Waals surface area contributed by atoms with E-state index >= 15 is 0 Å². The average molecular weight is 267 g/mol. The lowest BCUT2D eigenvalue weighted by molar-refractivity contribution is -0.0854. The van der Waals surface area contributed by atoms with Crippen molar-refractivity contribution in [2.75, 3.05) is 41.0 Å². The van der Waals surface area contributed by atoms with Gasteiger partial charge in [0, 0.05) is 13.1 Å². The van der Waals surface area contributed by atoms with Gasteiger partial charge in [0.15, 0.2) is 0 Å². The van der Waals surface area contributed by atoms with Gasteiger partial charge in [0.1, 0.15) is 23.7 Å². The molecule has 0 amide bonds. The van der Waals surface area contributed by atoms with Crippen LogP contribution in [-0.4, -0.2) is 57.1 Å². The molecule has 0 bridgehead atoms. The maximum absolute atomic E-state index is 10.6. The fourth-order valence-electron chi connectivity index (χ4n) is 2.36. The van der Waals surface area contributed by atoms with E-state index in [2.05, 4.69) is 4.90 Å². The molecule has 2 atom stereocenters. The molecule has 106 valence electrons. The standard InChI is InChI=1S/C14H21NO4/c1-15-7-8-19-12(9-15)14(16)13-10(17-2)5-4-6-11(13)18-3/h4-6,12,14,16H,7-9H2,1-3H3. The molecule has 1 N–H and O–H groups in total. The first-order valence-corrected chi connectivity index (χ1v) is 6.36. The van der Waals surface area contributed by atoms with Gasteiger partial charge in [0.25, 0.3) is 0 Å². The third-order valence-electron chi connectivity index (χ3n) is 3.41. The monoisotopic (exact) mass is 267 g/mol. The van der Waals surface area contributed by atoms with Crippen molar-refractivity contribution < 1.29 is 19.3 Å². The van der Waals surface area contributed by atoms with E-state index < -0.39 is 6.10 Å². The van der Waals surface area contributed by atoms with Gasteiger partial charge in [-0.15, -0.1) is 0 Å². The molecule has 1 aliphatic heterocycles. The van der Waals surface area contributed by atoms with E-state index in [0.717, 1.165) is 6.54 Å². The second-order valence-corrected chi connectivity index (χ2v) is 4.69. The van der Waals surface area contributed by atoms with Crippen molar-refractivity contribution in [3.8, 4) is 11.5 Å². The van der Waals surface area contributed by atoms with Gasteiger partial charge in [-0.2, -0.15) is 0 Å². The fraction of sp³-hybridized carbons (Fsp3) is 0.571. The minimum Gasteiger partial charge on any atom is -0.496 e. The summed E-state index contributed by atoms with van der Waals surface area (Å²) in [6.45, 7) is 2.18. The average Bonchev–Trinajstić information content (AvgIpc) is 2.45. The van der Waals surface area contributed by atoms with E-state index in [1.807, 2.05) is 25.2 Å². The van der Waals surface area contributed by atoms with Gasteiger partial charge in [-0.25, -0.2) is 0 Å². The van der Waals surface area contributed by atoms with E-state index in [4.69, 9.17) is 14.2 Å². The van der Waals surface area contributed by atoms with Gasteiger partial charge in [0.05, 0.1) is 26.4 Å². The zero-order chi connectivity index (χ0) is 13.8. The van der Waals surface area contributed by atoms with Crippen molar-refractivity contribution in [1.82, 2.24) is 4.90 Å². The normalized spacial score (nSPS) is 22.0. The summed E-state index contributed by atoms with van der Waals surface area (Å²) in [6, 6.07) is 5.46. The maximum Gasteiger partial charge on any atom is 0.128 e. The van der Waals surface area contributed by atoms with Crippen molar-refractivity contribution in [1.29, 1.82) is 0 Å². The molecule has 1 aliphatic rings. The lowest BCUT2D eigenvalue weighted by Gasteiger charge is -2.33. The Morgan fingerprint density at radius 1 is 1.32 bits per heavy atom. The van der Waals surface area contributed by atoms with Gasteiger partial charge in [-0.1, -0.05) is 6.07 Å². The Hall–Kier alpha value is -1.30. The highest BCUT2D eigenvalue weighted by Crippen LogP contribution is 2.36. The summed E-state index contributed by atoms with van der Waals surface area (Å²) in [4.78, 5) is 2.14. The molecule has 0 aromatic heterocycles. The van der Waals surface area contributed by atoms with Gasteiger partial charge < -0.3 is 24.2 Å². The van der Waals surface area contributed by atoms with Crippen molar-refractivity contribution in [3.63, 3.8) is 0 Å². The molecule has 0 saturated carbocycles. The first kappa shape index (κ1) is 14.1. The predicted molar refractivity (Wildman–Crippen MR) is 71.7 cm³/mol. The van der Waals surface area contributed by atoms with Crippen LogP contribution >= 0.6 is 0 Å². The highest BCUT2D eigenvalue weighted by molar-refractivity contribution is 5.46. The van der Waals surface area contributed by atoms with E-state index in [9.17, 15) is 5.11 Å². The van der Waals surface area contributed by atoms with Crippen LogP contribution in [0.2, 0.25) is 0 Å². The third-order valence-corrected chi connectivity index (χ3v) is 3.41. The Morgan fingerprint density at radius 3 is 2.47 bits per heavy atom. The second kappa shape index (κ2) is 6.23. The summed E-state index contributed by atoms with van der Waals surface area (Å²) < 4.78 is 16.3. The molecule has 1 aromatic carbocycles. The molecule has 2 rings (SSSR count). The molecule has 5 nitrogen and oxygen atoms in total. The van der Waals surface area contributed by atoms with E-state index in [1.165, 1.54) is 0 Å². The SMILES string of the molecule is COc1cccc(OC)c1C(O)C1CN(C)CCO1. The lowest BCUT2D eigenvalue weighted by atomic mass is 10.0. The van der Waals surface area contributed by atoms with E-state index in [1.54, 1.807) is 14.2 Å². The van der Waals surface area contributed by atoms with Crippen LogP contribution in [0.3, 0.4) is 0 Å². The summed E-state index contributed by atoms with van der Waals surface area (Å²) in [7, 11) is 5.18. The molecule has 0 aliphatic carbocycles. The van der Waals surface area contributed by atoms with Gasteiger partial charge in [0.2, 0.25) is 0 Å². The minimum absolute atomic E-state index is 0.274. The zero-order valence-electron chi connectivity index (χ0n) is 11.6.